The molecule has 1 heterocycles. The van der Waals surface area contributed by atoms with Gasteiger partial charge in [0, 0.05) is 28.4 Å². The average Bonchev–Trinajstić information content (AvgIpc) is 2.39. The van der Waals surface area contributed by atoms with Crippen LogP contribution in [0.25, 0.3) is 0 Å². The number of aliphatic hydroxyl groups excluding tert-OH is 1. The van der Waals surface area contributed by atoms with Gasteiger partial charge in [-0.25, -0.2) is 4.79 Å². The first-order chi connectivity index (χ1) is 9.83. The Bertz CT molecular complexity index is 482. The SMILES string of the molecule is CC(C)(C)Sc1ccc(NC(=O)N2CCCC(O)C2)cc1. The lowest BCUT2D eigenvalue weighted by Gasteiger charge is -2.30. The minimum absolute atomic E-state index is 0.134. The van der Waals surface area contributed by atoms with Crippen molar-refractivity contribution >= 4 is 23.5 Å². The second kappa shape index (κ2) is 6.71. The van der Waals surface area contributed by atoms with Crippen molar-refractivity contribution in [3.63, 3.8) is 0 Å². The molecule has 1 saturated heterocycles. The molecule has 4 nitrogen and oxygen atoms in total. The number of urea groups is 1. The average molecular weight is 308 g/mol. The summed E-state index contributed by atoms with van der Waals surface area (Å²) in [6.07, 6.45) is 1.24. The molecule has 21 heavy (non-hydrogen) atoms. The van der Waals surface area contributed by atoms with E-state index in [1.165, 1.54) is 4.90 Å². The topological polar surface area (TPSA) is 52.6 Å². The molecule has 1 fully saturated rings. The number of thioether (sulfide) groups is 1. The zero-order valence-electron chi connectivity index (χ0n) is 12.9. The predicted molar refractivity (Wildman–Crippen MR) is 87.9 cm³/mol. The first-order valence-corrected chi connectivity index (χ1v) is 8.18. The zero-order valence-corrected chi connectivity index (χ0v) is 13.7. The van der Waals surface area contributed by atoms with Crippen molar-refractivity contribution in [2.45, 2.75) is 49.4 Å². The molecule has 1 aromatic rings. The van der Waals surface area contributed by atoms with Crippen LogP contribution in [0.3, 0.4) is 0 Å². The molecule has 116 valence electrons. The number of nitrogens with one attached hydrogen (secondary N) is 1. The molecule has 1 aromatic carbocycles. The molecule has 0 aromatic heterocycles. The number of rotatable bonds is 2. The Hall–Kier alpha value is -1.20. The molecule has 0 saturated carbocycles. The molecule has 1 aliphatic rings. The van der Waals surface area contributed by atoms with E-state index in [1.54, 1.807) is 16.7 Å². The molecule has 2 rings (SSSR count). The van der Waals surface area contributed by atoms with Crippen LogP contribution in [0, 0.1) is 0 Å². The number of hydrogen-bond acceptors (Lipinski definition) is 3. The van der Waals surface area contributed by atoms with E-state index in [2.05, 4.69) is 26.1 Å². The Kier molecular flexibility index (Phi) is 5.17. The van der Waals surface area contributed by atoms with Crippen molar-refractivity contribution in [2.24, 2.45) is 0 Å². The van der Waals surface area contributed by atoms with Crippen molar-refractivity contribution < 1.29 is 9.90 Å². The number of piperidine rings is 1. The van der Waals surface area contributed by atoms with Crippen LogP contribution in [-0.2, 0) is 0 Å². The molecule has 1 aliphatic heterocycles. The zero-order chi connectivity index (χ0) is 15.5. The quantitative estimate of drug-likeness (QED) is 0.821. The maximum Gasteiger partial charge on any atom is 0.321 e. The molecular formula is C16H24N2O2S. The van der Waals surface area contributed by atoms with Crippen molar-refractivity contribution in [2.75, 3.05) is 18.4 Å². The lowest BCUT2D eigenvalue weighted by Crippen LogP contribution is -2.44. The number of benzene rings is 1. The van der Waals surface area contributed by atoms with E-state index < -0.39 is 6.10 Å². The second-order valence-corrected chi connectivity index (χ2v) is 8.31. The van der Waals surface area contributed by atoms with Crippen LogP contribution in [0.1, 0.15) is 33.6 Å². The molecule has 1 unspecified atom stereocenters. The van der Waals surface area contributed by atoms with Gasteiger partial charge in [0.05, 0.1) is 6.10 Å². The number of hydrogen-bond donors (Lipinski definition) is 2. The molecule has 0 spiro atoms. The number of carbonyl (C=O) groups is 1. The predicted octanol–water partition coefficient (Wildman–Crippen LogP) is 3.57. The van der Waals surface area contributed by atoms with Gasteiger partial charge in [0.25, 0.3) is 0 Å². The van der Waals surface area contributed by atoms with Crippen LogP contribution in [0.2, 0.25) is 0 Å². The highest BCUT2D eigenvalue weighted by Crippen LogP contribution is 2.32. The maximum absolute atomic E-state index is 12.1. The maximum atomic E-state index is 12.1. The van der Waals surface area contributed by atoms with Crippen LogP contribution in [0.5, 0.6) is 0 Å². The van der Waals surface area contributed by atoms with Gasteiger partial charge in [-0.2, -0.15) is 0 Å². The summed E-state index contributed by atoms with van der Waals surface area (Å²) >= 11 is 1.80. The fourth-order valence-electron chi connectivity index (χ4n) is 2.30. The first kappa shape index (κ1) is 16.2. The number of β-amino-alcohol motifs (C(OH)–C–C–N with tert-alkyl or cyclic N) is 1. The monoisotopic (exact) mass is 308 g/mol. The summed E-state index contributed by atoms with van der Waals surface area (Å²) in [5.74, 6) is 0. The van der Waals surface area contributed by atoms with Crippen LogP contribution in [0.4, 0.5) is 10.5 Å². The lowest BCUT2D eigenvalue weighted by molar-refractivity contribution is 0.0883. The first-order valence-electron chi connectivity index (χ1n) is 7.36. The lowest BCUT2D eigenvalue weighted by atomic mass is 10.1. The molecule has 2 amide bonds. The van der Waals surface area contributed by atoms with Crippen LogP contribution in [0.15, 0.2) is 29.2 Å². The van der Waals surface area contributed by atoms with Gasteiger partial charge in [0.15, 0.2) is 0 Å². The van der Waals surface area contributed by atoms with E-state index in [1.807, 2.05) is 24.3 Å². The highest BCUT2D eigenvalue weighted by molar-refractivity contribution is 8.00. The van der Waals surface area contributed by atoms with Crippen molar-refractivity contribution in [3.8, 4) is 0 Å². The van der Waals surface area contributed by atoms with Gasteiger partial charge in [-0.05, 0) is 37.1 Å². The summed E-state index contributed by atoms with van der Waals surface area (Å²) in [5, 5.41) is 12.5. The molecule has 2 N–H and O–H groups in total. The van der Waals surface area contributed by atoms with E-state index in [-0.39, 0.29) is 10.8 Å². The number of nitrogens with zero attached hydrogens (tertiary/aromatic N) is 1. The molecule has 0 radical (unpaired) electrons. The van der Waals surface area contributed by atoms with Gasteiger partial charge in [0.2, 0.25) is 0 Å². The van der Waals surface area contributed by atoms with E-state index in [0.29, 0.717) is 13.1 Å². The van der Waals surface area contributed by atoms with Crippen LogP contribution >= 0.6 is 11.8 Å². The van der Waals surface area contributed by atoms with Gasteiger partial charge in [-0.1, -0.05) is 20.8 Å². The van der Waals surface area contributed by atoms with E-state index in [9.17, 15) is 9.90 Å². The molecule has 1 atom stereocenters. The number of likely N-dealkylation sites (tertiary alicyclic amines) is 1. The van der Waals surface area contributed by atoms with Crippen molar-refractivity contribution in [1.82, 2.24) is 4.90 Å². The molecule has 0 bridgehead atoms. The summed E-state index contributed by atoms with van der Waals surface area (Å²) in [6.45, 7) is 7.66. The molecule has 5 heteroatoms. The highest BCUT2D eigenvalue weighted by atomic mass is 32.2. The Morgan fingerprint density at radius 2 is 2.00 bits per heavy atom. The third-order valence-electron chi connectivity index (χ3n) is 3.21. The number of anilines is 1. The van der Waals surface area contributed by atoms with Gasteiger partial charge >= 0.3 is 6.03 Å². The Balaban J connectivity index is 1.92. The Morgan fingerprint density at radius 1 is 1.33 bits per heavy atom. The standard InChI is InChI=1S/C16H24N2O2S/c1-16(2,3)21-14-8-6-12(7-9-14)17-15(20)18-10-4-5-13(19)11-18/h6-9,13,19H,4-5,10-11H2,1-3H3,(H,17,20). The third kappa shape index (κ3) is 5.25. The summed E-state index contributed by atoms with van der Waals surface area (Å²) < 4.78 is 0.175. The van der Waals surface area contributed by atoms with E-state index in [0.717, 1.165) is 18.5 Å². The highest BCUT2D eigenvalue weighted by Gasteiger charge is 2.22. The summed E-state index contributed by atoms with van der Waals surface area (Å²) in [5.41, 5.74) is 0.790. The molecular weight excluding hydrogens is 284 g/mol. The van der Waals surface area contributed by atoms with Crippen molar-refractivity contribution in [3.05, 3.63) is 24.3 Å². The summed E-state index contributed by atoms with van der Waals surface area (Å²) in [4.78, 5) is 15.0. The third-order valence-corrected chi connectivity index (χ3v) is 4.33. The Morgan fingerprint density at radius 3 is 2.57 bits per heavy atom. The minimum Gasteiger partial charge on any atom is -0.391 e. The van der Waals surface area contributed by atoms with E-state index >= 15 is 0 Å². The summed E-state index contributed by atoms with van der Waals surface area (Å²) in [7, 11) is 0. The number of carbonyl (C=O) groups excluding carboxylic acids is 1. The summed E-state index contributed by atoms with van der Waals surface area (Å²) in [6, 6.07) is 7.76. The minimum atomic E-state index is -0.393. The van der Waals surface area contributed by atoms with Gasteiger partial charge in [-0.3, -0.25) is 0 Å². The van der Waals surface area contributed by atoms with Gasteiger partial charge in [-0.15, -0.1) is 11.8 Å². The van der Waals surface area contributed by atoms with Gasteiger partial charge in [0.1, 0.15) is 0 Å². The normalized spacial score (nSPS) is 19.4. The fraction of sp³-hybridized carbons (Fsp3) is 0.562. The largest absolute Gasteiger partial charge is 0.391 e. The van der Waals surface area contributed by atoms with Crippen LogP contribution < -0.4 is 5.32 Å². The van der Waals surface area contributed by atoms with Crippen molar-refractivity contribution in [1.29, 1.82) is 0 Å². The van der Waals surface area contributed by atoms with Gasteiger partial charge < -0.3 is 15.3 Å². The van der Waals surface area contributed by atoms with Crippen LogP contribution in [-0.4, -0.2) is 40.0 Å². The molecule has 0 aliphatic carbocycles. The number of amides is 2. The number of aliphatic hydroxyl groups is 1. The smallest absolute Gasteiger partial charge is 0.321 e. The van der Waals surface area contributed by atoms with E-state index in [4.69, 9.17) is 0 Å². The second-order valence-electron chi connectivity index (χ2n) is 6.41. The fourth-order valence-corrected chi connectivity index (χ4v) is 3.28. The Labute approximate surface area is 130 Å².